The van der Waals surface area contributed by atoms with Gasteiger partial charge < -0.3 is 19.4 Å². The number of carbonyl (C=O) groups is 3. The van der Waals surface area contributed by atoms with Crippen LogP contribution in [0.2, 0.25) is 0 Å². The number of ketones is 1. The lowest BCUT2D eigenvalue weighted by Gasteiger charge is -2.29. The van der Waals surface area contributed by atoms with Gasteiger partial charge in [-0.3, -0.25) is 19.3 Å². The van der Waals surface area contributed by atoms with Gasteiger partial charge in [-0.25, -0.2) is 0 Å². The molecule has 2 amide bonds. The zero-order valence-corrected chi connectivity index (χ0v) is 17.0. The molecule has 0 radical (unpaired) electrons. The van der Waals surface area contributed by atoms with E-state index in [-0.39, 0.29) is 36.5 Å². The Morgan fingerprint density at radius 3 is 2.70 bits per heavy atom. The molecule has 0 unspecified atom stereocenters. The number of likely N-dealkylation sites (tertiary alicyclic amines) is 1. The number of anilines is 1. The molecule has 2 aliphatic heterocycles. The largest absolute Gasteiger partial charge is 0.482 e. The van der Waals surface area contributed by atoms with E-state index in [2.05, 4.69) is 10.2 Å². The number of amides is 2. The highest BCUT2D eigenvalue weighted by molar-refractivity contribution is 6.01. The van der Waals surface area contributed by atoms with Crippen molar-refractivity contribution in [3.8, 4) is 5.75 Å². The van der Waals surface area contributed by atoms with Crippen LogP contribution < -0.4 is 15.0 Å². The molecule has 1 fully saturated rings. The molecule has 0 bridgehead atoms. The highest BCUT2D eigenvalue weighted by atomic mass is 16.5. The van der Waals surface area contributed by atoms with Gasteiger partial charge in [0.15, 0.2) is 18.2 Å². The number of nitrogens with one attached hydrogen (secondary N) is 1. The van der Waals surface area contributed by atoms with Crippen LogP contribution in [0.3, 0.4) is 0 Å². The van der Waals surface area contributed by atoms with Crippen molar-refractivity contribution in [1.82, 2.24) is 10.2 Å². The minimum Gasteiger partial charge on any atom is -0.482 e. The minimum absolute atomic E-state index is 0.0863. The average Bonchev–Trinajstić information content (AvgIpc) is 3.42. The van der Waals surface area contributed by atoms with E-state index in [1.807, 2.05) is 0 Å². The fourth-order valence-corrected chi connectivity index (χ4v) is 3.76. The van der Waals surface area contributed by atoms with Crippen molar-refractivity contribution in [1.29, 1.82) is 0 Å². The Kier molecular flexibility index (Phi) is 5.85. The first-order valence-electron chi connectivity index (χ1n) is 10.2. The van der Waals surface area contributed by atoms with Crippen molar-refractivity contribution >= 4 is 23.3 Å². The second kappa shape index (κ2) is 8.71. The van der Waals surface area contributed by atoms with E-state index in [1.54, 1.807) is 30.3 Å². The Labute approximate surface area is 174 Å². The lowest BCUT2D eigenvalue weighted by molar-refractivity contribution is -0.121. The normalized spacial score (nSPS) is 16.3. The summed E-state index contributed by atoms with van der Waals surface area (Å²) >= 11 is 0. The third-order valence-electron chi connectivity index (χ3n) is 5.42. The van der Waals surface area contributed by atoms with Gasteiger partial charge in [0.1, 0.15) is 11.5 Å². The fraction of sp³-hybridized carbons (Fsp3) is 0.409. The number of nitrogens with zero attached hydrogens (tertiary/aromatic N) is 2. The number of ether oxygens (including phenoxy) is 1. The van der Waals surface area contributed by atoms with Crippen LogP contribution in [0.4, 0.5) is 5.69 Å². The van der Waals surface area contributed by atoms with Crippen molar-refractivity contribution in [2.75, 3.05) is 37.7 Å². The maximum absolute atomic E-state index is 12.4. The molecule has 30 heavy (non-hydrogen) atoms. The van der Waals surface area contributed by atoms with Crippen LogP contribution in [0.5, 0.6) is 5.75 Å². The highest BCUT2D eigenvalue weighted by Gasteiger charge is 2.27. The third-order valence-corrected chi connectivity index (χ3v) is 5.42. The Hall–Kier alpha value is -3.13. The van der Waals surface area contributed by atoms with Gasteiger partial charge in [0.25, 0.3) is 11.8 Å². The maximum atomic E-state index is 12.4. The van der Waals surface area contributed by atoms with Crippen LogP contribution in [-0.4, -0.2) is 55.3 Å². The summed E-state index contributed by atoms with van der Waals surface area (Å²) in [4.78, 5) is 40.3. The number of rotatable bonds is 7. The van der Waals surface area contributed by atoms with E-state index in [9.17, 15) is 14.4 Å². The quantitative estimate of drug-likeness (QED) is 0.703. The number of hydrogen-bond acceptors (Lipinski definition) is 6. The van der Waals surface area contributed by atoms with Gasteiger partial charge in [0.2, 0.25) is 0 Å². The van der Waals surface area contributed by atoms with Crippen molar-refractivity contribution in [3.63, 3.8) is 0 Å². The van der Waals surface area contributed by atoms with Crippen LogP contribution in [0.25, 0.3) is 0 Å². The van der Waals surface area contributed by atoms with Crippen LogP contribution in [-0.2, 0) is 11.3 Å². The topological polar surface area (TPSA) is 92.1 Å². The van der Waals surface area contributed by atoms with E-state index in [0.29, 0.717) is 29.3 Å². The summed E-state index contributed by atoms with van der Waals surface area (Å²) in [5, 5.41) is 2.87. The summed E-state index contributed by atoms with van der Waals surface area (Å²) in [6, 6.07) is 8.30. The van der Waals surface area contributed by atoms with Crippen molar-refractivity contribution in [2.24, 2.45) is 0 Å². The van der Waals surface area contributed by atoms with Gasteiger partial charge in [-0.15, -0.1) is 0 Å². The molecule has 2 aromatic rings. The van der Waals surface area contributed by atoms with E-state index in [4.69, 9.17) is 9.15 Å². The molecule has 0 saturated carbocycles. The second-order valence-electron chi connectivity index (χ2n) is 7.58. The summed E-state index contributed by atoms with van der Waals surface area (Å²) in [5.41, 5.74) is 1.02. The first-order chi connectivity index (χ1) is 14.5. The molecule has 158 valence electrons. The Balaban J connectivity index is 1.42. The van der Waals surface area contributed by atoms with E-state index < -0.39 is 0 Å². The first-order valence-corrected chi connectivity index (χ1v) is 10.2. The van der Waals surface area contributed by atoms with Crippen LogP contribution >= 0.6 is 0 Å². The number of hydrogen-bond donors (Lipinski definition) is 1. The predicted molar refractivity (Wildman–Crippen MR) is 110 cm³/mol. The molecule has 0 aliphatic carbocycles. The van der Waals surface area contributed by atoms with Crippen molar-refractivity contribution in [3.05, 3.63) is 47.4 Å². The summed E-state index contributed by atoms with van der Waals surface area (Å²) in [6.07, 6.45) is 2.43. The molecule has 8 nitrogen and oxygen atoms in total. The number of fused-ring (bicyclic) bond motifs is 1. The Morgan fingerprint density at radius 1 is 1.13 bits per heavy atom. The van der Waals surface area contributed by atoms with Gasteiger partial charge in [0, 0.05) is 18.7 Å². The summed E-state index contributed by atoms with van der Waals surface area (Å²) in [7, 11) is 0. The van der Waals surface area contributed by atoms with Crippen LogP contribution in [0.1, 0.15) is 46.4 Å². The minimum atomic E-state index is -0.270. The molecule has 1 aromatic carbocycles. The lowest BCUT2D eigenvalue weighted by Crippen LogP contribution is -2.38. The SMILES string of the molecule is CC(=O)c1ccc2c(c1)N(Cc1ccc(C(=O)NCCN3CCCC3)o1)C(=O)CO2. The van der Waals surface area contributed by atoms with E-state index in [1.165, 1.54) is 24.7 Å². The Morgan fingerprint density at radius 2 is 1.93 bits per heavy atom. The number of Topliss-reactive ketones (excluding diaryl/α,β-unsaturated/α-hetero) is 1. The highest BCUT2D eigenvalue weighted by Crippen LogP contribution is 2.34. The number of furan rings is 1. The molecule has 2 aliphatic rings. The molecule has 4 rings (SSSR count). The van der Waals surface area contributed by atoms with E-state index in [0.717, 1.165) is 19.6 Å². The average molecular weight is 411 g/mol. The van der Waals surface area contributed by atoms with Gasteiger partial charge in [0.05, 0.1) is 12.2 Å². The molecule has 0 spiro atoms. The van der Waals surface area contributed by atoms with Gasteiger partial charge in [-0.05, 0) is 63.2 Å². The van der Waals surface area contributed by atoms with Gasteiger partial charge in [-0.1, -0.05) is 0 Å². The van der Waals surface area contributed by atoms with Crippen LogP contribution in [0.15, 0.2) is 34.7 Å². The molecular formula is C22H25N3O5. The molecule has 3 heterocycles. The fourth-order valence-electron chi connectivity index (χ4n) is 3.76. The molecule has 0 atom stereocenters. The summed E-state index contributed by atoms with van der Waals surface area (Å²) in [6.45, 7) is 5.10. The zero-order chi connectivity index (χ0) is 21.1. The molecular weight excluding hydrogens is 386 g/mol. The first kappa shape index (κ1) is 20.2. The van der Waals surface area contributed by atoms with Crippen molar-refractivity contribution in [2.45, 2.75) is 26.3 Å². The maximum Gasteiger partial charge on any atom is 0.287 e. The summed E-state index contributed by atoms with van der Waals surface area (Å²) < 4.78 is 11.2. The number of carbonyl (C=O) groups excluding carboxylic acids is 3. The zero-order valence-electron chi connectivity index (χ0n) is 17.0. The molecule has 8 heteroatoms. The molecule has 1 saturated heterocycles. The standard InChI is InChI=1S/C22H25N3O5/c1-15(26)16-4-6-19-18(12-16)25(21(27)14-29-19)13-17-5-7-20(30-17)22(28)23-8-11-24-9-2-3-10-24/h4-7,12H,2-3,8-11,13-14H2,1H3,(H,23,28). The Bertz CT molecular complexity index is 961. The smallest absolute Gasteiger partial charge is 0.287 e. The third kappa shape index (κ3) is 4.38. The van der Waals surface area contributed by atoms with Crippen LogP contribution in [0, 0.1) is 0 Å². The monoisotopic (exact) mass is 411 g/mol. The summed E-state index contributed by atoms with van der Waals surface area (Å²) in [5.74, 6) is 0.621. The van der Waals surface area contributed by atoms with Gasteiger partial charge in [-0.2, -0.15) is 0 Å². The lowest BCUT2D eigenvalue weighted by atomic mass is 10.1. The predicted octanol–water partition coefficient (Wildman–Crippen LogP) is 2.23. The second-order valence-corrected chi connectivity index (χ2v) is 7.58. The van der Waals surface area contributed by atoms with Gasteiger partial charge >= 0.3 is 0 Å². The molecule has 1 aromatic heterocycles. The van der Waals surface area contributed by atoms with E-state index >= 15 is 0 Å². The molecule has 1 N–H and O–H groups in total. The van der Waals surface area contributed by atoms with Crippen molar-refractivity contribution < 1.29 is 23.5 Å². The number of benzene rings is 1.